The highest BCUT2D eigenvalue weighted by atomic mass is 32.1. The van der Waals surface area contributed by atoms with Gasteiger partial charge in [-0.25, -0.2) is 14.6 Å². The lowest BCUT2D eigenvalue weighted by molar-refractivity contribution is -0.140. The highest BCUT2D eigenvalue weighted by Crippen LogP contribution is 2.37. The largest absolute Gasteiger partial charge is 0.491 e. The van der Waals surface area contributed by atoms with Gasteiger partial charge in [0, 0.05) is 31.1 Å². The molecule has 0 bridgehead atoms. The third kappa shape index (κ3) is 16.5. The number of carbonyl (C=O) groups is 5. The molecule has 2 fully saturated rings. The van der Waals surface area contributed by atoms with Gasteiger partial charge in [0.25, 0.3) is 0 Å². The van der Waals surface area contributed by atoms with Crippen molar-refractivity contribution >= 4 is 41.1 Å². The normalized spacial score (nSPS) is 17.0. The van der Waals surface area contributed by atoms with Crippen molar-refractivity contribution in [2.24, 2.45) is 5.92 Å². The Bertz CT molecular complexity index is 1740. The molecule has 16 nitrogen and oxygen atoms in total. The fraction of sp³-hybridized carbons (Fsp3) is 0.682. The fourth-order valence-electron chi connectivity index (χ4n) is 6.98. The van der Waals surface area contributed by atoms with Crippen LogP contribution in [-0.2, 0) is 33.3 Å². The Labute approximate surface area is 364 Å². The van der Waals surface area contributed by atoms with E-state index in [-0.39, 0.29) is 30.3 Å². The van der Waals surface area contributed by atoms with Gasteiger partial charge in [0.15, 0.2) is 0 Å². The summed E-state index contributed by atoms with van der Waals surface area (Å²) in [6.45, 7) is 15.7. The van der Waals surface area contributed by atoms with Gasteiger partial charge in [0.05, 0.1) is 45.7 Å². The van der Waals surface area contributed by atoms with Crippen LogP contribution in [0.5, 0.6) is 5.75 Å². The Hall–Kier alpha value is -4.32. The number of nitrogens with one attached hydrogen (secondary N) is 2. The number of aromatic nitrogens is 1. The average molecular weight is 874 g/mol. The van der Waals surface area contributed by atoms with Crippen molar-refractivity contribution < 1.29 is 52.4 Å². The van der Waals surface area contributed by atoms with Crippen molar-refractivity contribution in [1.82, 2.24) is 25.4 Å². The molecular weight excluding hydrogens is 807 g/mol. The average Bonchev–Trinajstić information content (AvgIpc) is 3.90. The number of nitrogens with zero attached hydrogens (tertiary/aromatic N) is 3. The Balaban J connectivity index is 1.23. The molecule has 0 radical (unpaired) electrons. The first-order chi connectivity index (χ1) is 28.9. The van der Waals surface area contributed by atoms with Crippen molar-refractivity contribution in [1.29, 1.82) is 0 Å². The van der Waals surface area contributed by atoms with E-state index in [2.05, 4.69) is 10.6 Å². The monoisotopic (exact) mass is 873 g/mol. The van der Waals surface area contributed by atoms with Crippen molar-refractivity contribution in [2.75, 3.05) is 66.4 Å². The minimum absolute atomic E-state index is 0.0285. The molecule has 3 atom stereocenters. The van der Waals surface area contributed by atoms with E-state index in [0.29, 0.717) is 81.2 Å². The van der Waals surface area contributed by atoms with Crippen LogP contribution in [0, 0.1) is 5.92 Å². The van der Waals surface area contributed by atoms with E-state index in [1.54, 1.807) is 78.1 Å². The lowest BCUT2D eigenvalue weighted by Crippen LogP contribution is -2.56. The maximum atomic E-state index is 14.4. The molecule has 2 N–H and O–H groups in total. The number of alkyl carbamates (subject to hydrolysis) is 1. The Morgan fingerprint density at radius 1 is 0.852 bits per heavy atom. The van der Waals surface area contributed by atoms with Gasteiger partial charge in [-0.1, -0.05) is 31.4 Å². The molecule has 17 heteroatoms. The molecule has 0 unspecified atom stereocenters. The minimum Gasteiger partial charge on any atom is -0.491 e. The number of hydrogen-bond acceptors (Lipinski definition) is 13. The Morgan fingerprint density at radius 3 is 2.15 bits per heavy atom. The molecular formula is C44H67N5O11S. The van der Waals surface area contributed by atoms with Gasteiger partial charge in [-0.3, -0.25) is 19.3 Å². The molecule has 1 aliphatic carbocycles. The van der Waals surface area contributed by atoms with Crippen LogP contribution in [0.15, 0.2) is 29.6 Å². The van der Waals surface area contributed by atoms with Crippen LogP contribution in [0.25, 0.3) is 0 Å². The summed E-state index contributed by atoms with van der Waals surface area (Å²) in [5, 5.41) is 8.07. The highest BCUT2D eigenvalue weighted by Gasteiger charge is 2.41. The Morgan fingerprint density at radius 2 is 1.49 bits per heavy atom. The molecule has 1 saturated heterocycles. The van der Waals surface area contributed by atoms with Gasteiger partial charge in [0.2, 0.25) is 17.6 Å². The van der Waals surface area contributed by atoms with Crippen LogP contribution in [-0.4, -0.2) is 134 Å². The molecule has 2 aromatic rings. The summed E-state index contributed by atoms with van der Waals surface area (Å²) < 4.78 is 33.0. The molecule has 4 amide bonds. The number of carbonyl (C=O) groups excluding carboxylic acids is 5. The molecule has 1 aliphatic heterocycles. The summed E-state index contributed by atoms with van der Waals surface area (Å²) >= 11 is 1.35. The minimum atomic E-state index is -0.856. The summed E-state index contributed by atoms with van der Waals surface area (Å²) in [4.78, 5) is 73.8. The number of amides is 4. The SMILES string of the molecule is C[C@@H](C(=O)N[C@H](C(=O)N1CCC[C@H]1c1nc(C(=O)c2cccc(OCCOCCOCCOCCNC(=O)OC(C)(C)C)c2)cs1)C1CCCCC1)N(C)C(=O)OC(C)(C)C. The van der Waals surface area contributed by atoms with Crippen LogP contribution in [0.4, 0.5) is 9.59 Å². The summed E-state index contributed by atoms with van der Waals surface area (Å²) in [6, 6.07) is 5.00. The van der Waals surface area contributed by atoms with E-state index in [1.807, 2.05) is 4.90 Å². The molecule has 1 saturated carbocycles. The second kappa shape index (κ2) is 23.8. The van der Waals surface area contributed by atoms with Gasteiger partial charge >= 0.3 is 12.2 Å². The zero-order valence-corrected chi connectivity index (χ0v) is 38.1. The molecule has 61 heavy (non-hydrogen) atoms. The first-order valence-corrected chi connectivity index (χ1v) is 22.3. The van der Waals surface area contributed by atoms with Crippen molar-refractivity contribution in [3.05, 3.63) is 45.9 Å². The van der Waals surface area contributed by atoms with Crippen molar-refractivity contribution in [3.63, 3.8) is 0 Å². The molecule has 0 spiro atoms. The lowest BCUT2D eigenvalue weighted by atomic mass is 9.83. The quantitative estimate of drug-likeness (QED) is 0.105. The van der Waals surface area contributed by atoms with Crippen LogP contribution >= 0.6 is 11.3 Å². The summed E-state index contributed by atoms with van der Waals surface area (Å²) in [5.41, 5.74) is -0.545. The van der Waals surface area contributed by atoms with Gasteiger partial charge in [-0.2, -0.15) is 0 Å². The number of hydrogen-bond donors (Lipinski definition) is 2. The molecule has 2 heterocycles. The summed E-state index contributed by atoms with van der Waals surface area (Å²) in [7, 11) is 1.52. The van der Waals surface area contributed by atoms with E-state index < -0.39 is 41.4 Å². The van der Waals surface area contributed by atoms with Gasteiger partial charge < -0.3 is 44.0 Å². The second-order valence-corrected chi connectivity index (χ2v) is 18.3. The predicted molar refractivity (Wildman–Crippen MR) is 230 cm³/mol. The number of thiazole rings is 1. The zero-order chi connectivity index (χ0) is 44.6. The molecule has 340 valence electrons. The number of likely N-dealkylation sites (tertiary alicyclic amines) is 1. The van der Waals surface area contributed by atoms with Crippen LogP contribution in [0.3, 0.4) is 0 Å². The van der Waals surface area contributed by atoms with E-state index in [0.717, 1.165) is 38.5 Å². The van der Waals surface area contributed by atoms with E-state index in [4.69, 9.17) is 33.4 Å². The smallest absolute Gasteiger partial charge is 0.410 e. The number of ether oxygens (including phenoxy) is 6. The number of likely N-dealkylation sites (N-methyl/N-ethyl adjacent to an activating group) is 1. The Kier molecular flexibility index (Phi) is 19.2. The van der Waals surface area contributed by atoms with Crippen LogP contribution in [0.1, 0.15) is 121 Å². The molecule has 1 aromatic heterocycles. The van der Waals surface area contributed by atoms with Crippen LogP contribution in [0.2, 0.25) is 0 Å². The van der Waals surface area contributed by atoms with E-state index >= 15 is 0 Å². The fourth-order valence-corrected chi connectivity index (χ4v) is 7.92. The first-order valence-electron chi connectivity index (χ1n) is 21.4. The van der Waals surface area contributed by atoms with Gasteiger partial charge in [0.1, 0.15) is 46.3 Å². The molecule has 2 aliphatic rings. The predicted octanol–water partition coefficient (Wildman–Crippen LogP) is 6.31. The summed E-state index contributed by atoms with van der Waals surface area (Å²) in [6.07, 6.45) is 5.06. The number of rotatable bonds is 21. The topological polar surface area (TPSA) is 184 Å². The standard InChI is InChI=1S/C44H67N5O11S/c1-30(48(8)42(54)60-44(5,6)7)38(51)47-36(31-14-10-9-11-15-31)40(52)49-20-13-18-35(49)39-46-34(29-61-39)37(50)32-16-12-17-33(28-32)58-27-26-57-25-24-56-23-22-55-21-19-45-41(53)59-43(2,3)4/h12,16-17,28-31,35-36H,9-11,13-15,18-27H2,1-8H3,(H,45,53)(H,47,51)/t30-,35-,36-/m0/s1. The maximum Gasteiger partial charge on any atom is 0.410 e. The van der Waals surface area contributed by atoms with Crippen molar-refractivity contribution in [3.8, 4) is 5.75 Å². The molecule has 4 rings (SSSR count). The first kappa shape index (κ1) is 49.3. The highest BCUT2D eigenvalue weighted by molar-refractivity contribution is 7.10. The number of ketones is 1. The van der Waals surface area contributed by atoms with Gasteiger partial charge in [-0.15, -0.1) is 11.3 Å². The van der Waals surface area contributed by atoms with Crippen molar-refractivity contribution in [2.45, 2.75) is 123 Å². The van der Waals surface area contributed by atoms with E-state index in [9.17, 15) is 24.0 Å². The van der Waals surface area contributed by atoms with Gasteiger partial charge in [-0.05, 0) is 92.2 Å². The third-order valence-electron chi connectivity index (χ3n) is 10.2. The number of benzene rings is 1. The zero-order valence-electron chi connectivity index (χ0n) is 37.3. The second-order valence-electron chi connectivity index (χ2n) is 17.4. The molecule has 1 aromatic carbocycles. The van der Waals surface area contributed by atoms with E-state index in [1.165, 1.54) is 23.3 Å². The lowest BCUT2D eigenvalue weighted by Gasteiger charge is -2.36. The third-order valence-corrected chi connectivity index (χ3v) is 11.1. The summed E-state index contributed by atoms with van der Waals surface area (Å²) in [5.74, 6) is -0.335. The van der Waals surface area contributed by atoms with Crippen LogP contribution < -0.4 is 15.4 Å². The maximum absolute atomic E-state index is 14.4.